The molecular weight excluding hydrogens is 405 g/mol. The number of nitrogens with zero attached hydrogens (tertiary/aromatic N) is 3. The zero-order valence-electron chi connectivity index (χ0n) is 12.7. The van der Waals surface area contributed by atoms with Crippen LogP contribution in [0.15, 0.2) is 28.2 Å². The van der Waals surface area contributed by atoms with E-state index in [1.54, 1.807) is 11.3 Å². The van der Waals surface area contributed by atoms with Gasteiger partial charge in [-0.1, -0.05) is 0 Å². The van der Waals surface area contributed by atoms with Crippen LogP contribution in [0.3, 0.4) is 0 Å². The number of aromatic nitrogens is 2. The van der Waals surface area contributed by atoms with Gasteiger partial charge in [-0.05, 0) is 47.4 Å². The lowest BCUT2D eigenvalue weighted by Crippen LogP contribution is -2.41. The Bertz CT molecular complexity index is 691. The summed E-state index contributed by atoms with van der Waals surface area (Å²) in [6.45, 7) is 2.59. The molecule has 130 valence electrons. The normalized spacial score (nSPS) is 19.4. The molecule has 1 fully saturated rings. The van der Waals surface area contributed by atoms with Crippen LogP contribution in [0.1, 0.15) is 23.4 Å². The number of hydrogen-bond acceptors (Lipinski definition) is 5. The lowest BCUT2D eigenvalue weighted by atomic mass is 10.1. The van der Waals surface area contributed by atoms with Gasteiger partial charge in [0.25, 0.3) is 0 Å². The van der Waals surface area contributed by atoms with Crippen molar-refractivity contribution < 1.29 is 13.2 Å². The van der Waals surface area contributed by atoms with E-state index >= 15 is 0 Å². The highest BCUT2D eigenvalue weighted by atomic mass is 79.9. The van der Waals surface area contributed by atoms with E-state index in [2.05, 4.69) is 42.2 Å². The third-order valence-electron chi connectivity index (χ3n) is 3.79. The maximum Gasteiger partial charge on any atom is 0.433 e. The Morgan fingerprint density at radius 2 is 2.25 bits per heavy atom. The molecule has 9 heteroatoms. The van der Waals surface area contributed by atoms with Crippen molar-refractivity contribution in [2.75, 3.05) is 18.4 Å². The molecule has 1 aliphatic heterocycles. The van der Waals surface area contributed by atoms with Gasteiger partial charge < -0.3 is 5.32 Å². The van der Waals surface area contributed by atoms with E-state index in [-0.39, 0.29) is 12.0 Å². The number of piperidine rings is 1. The fourth-order valence-electron chi connectivity index (χ4n) is 2.74. The summed E-state index contributed by atoms with van der Waals surface area (Å²) >= 11 is 5.14. The first-order valence-corrected chi connectivity index (χ1v) is 9.19. The number of nitrogens with one attached hydrogen (secondary N) is 1. The zero-order valence-corrected chi connectivity index (χ0v) is 15.1. The Morgan fingerprint density at radius 1 is 1.42 bits per heavy atom. The van der Waals surface area contributed by atoms with E-state index in [4.69, 9.17) is 0 Å². The Kier molecular flexibility index (Phi) is 5.41. The average Bonchev–Trinajstić information content (AvgIpc) is 2.92. The first-order valence-electron chi connectivity index (χ1n) is 7.52. The Balaban J connectivity index is 1.61. The van der Waals surface area contributed by atoms with Crippen LogP contribution in [0.4, 0.5) is 19.1 Å². The summed E-state index contributed by atoms with van der Waals surface area (Å²) in [7, 11) is 0. The molecule has 0 aromatic carbocycles. The van der Waals surface area contributed by atoms with E-state index in [9.17, 15) is 13.2 Å². The lowest BCUT2D eigenvalue weighted by Gasteiger charge is -2.32. The molecule has 0 spiro atoms. The molecule has 0 radical (unpaired) electrons. The Morgan fingerprint density at radius 3 is 2.96 bits per heavy atom. The van der Waals surface area contributed by atoms with Crippen LogP contribution in [0, 0.1) is 0 Å². The number of halogens is 4. The molecule has 3 heterocycles. The molecule has 1 saturated heterocycles. The zero-order chi connectivity index (χ0) is 17.2. The van der Waals surface area contributed by atoms with Crippen LogP contribution in [-0.4, -0.2) is 34.0 Å². The van der Waals surface area contributed by atoms with Crippen molar-refractivity contribution in [2.24, 2.45) is 0 Å². The van der Waals surface area contributed by atoms with Crippen molar-refractivity contribution in [3.05, 3.63) is 38.8 Å². The van der Waals surface area contributed by atoms with Gasteiger partial charge in [0.15, 0.2) is 0 Å². The fraction of sp³-hybridized carbons (Fsp3) is 0.467. The van der Waals surface area contributed by atoms with Gasteiger partial charge in [-0.2, -0.15) is 13.2 Å². The summed E-state index contributed by atoms with van der Waals surface area (Å²) < 4.78 is 39.2. The SMILES string of the molecule is FC(F)(F)c1ccnc(NC2CCCN(Cc3cc(Br)cs3)C2)n1. The van der Waals surface area contributed by atoms with Gasteiger partial charge in [-0.3, -0.25) is 4.90 Å². The van der Waals surface area contributed by atoms with Crippen molar-refractivity contribution in [1.82, 2.24) is 14.9 Å². The van der Waals surface area contributed by atoms with Gasteiger partial charge in [0.1, 0.15) is 5.69 Å². The second-order valence-electron chi connectivity index (χ2n) is 5.71. The Labute approximate surface area is 150 Å². The molecule has 1 atom stereocenters. The lowest BCUT2D eigenvalue weighted by molar-refractivity contribution is -0.141. The van der Waals surface area contributed by atoms with E-state index in [0.717, 1.165) is 49.2 Å². The summed E-state index contributed by atoms with van der Waals surface area (Å²) in [4.78, 5) is 11.1. The molecule has 4 nitrogen and oxygen atoms in total. The maximum atomic E-state index is 12.7. The number of rotatable bonds is 4. The van der Waals surface area contributed by atoms with Crippen LogP contribution in [0.25, 0.3) is 0 Å². The molecule has 24 heavy (non-hydrogen) atoms. The molecule has 1 unspecified atom stereocenters. The predicted molar refractivity (Wildman–Crippen MR) is 91.0 cm³/mol. The molecule has 1 aliphatic rings. The van der Waals surface area contributed by atoms with E-state index in [0.29, 0.717) is 0 Å². The largest absolute Gasteiger partial charge is 0.433 e. The highest BCUT2D eigenvalue weighted by Crippen LogP contribution is 2.28. The van der Waals surface area contributed by atoms with Crippen LogP contribution in [0.5, 0.6) is 0 Å². The maximum absolute atomic E-state index is 12.7. The molecule has 0 aliphatic carbocycles. The van der Waals surface area contributed by atoms with Crippen LogP contribution in [0.2, 0.25) is 0 Å². The van der Waals surface area contributed by atoms with Crippen molar-refractivity contribution in [3.63, 3.8) is 0 Å². The van der Waals surface area contributed by atoms with Gasteiger partial charge in [-0.25, -0.2) is 9.97 Å². The number of thiophene rings is 1. The first kappa shape index (κ1) is 17.6. The van der Waals surface area contributed by atoms with Crippen molar-refractivity contribution in [3.8, 4) is 0 Å². The predicted octanol–water partition coefficient (Wildman–Crippen LogP) is 4.40. The van der Waals surface area contributed by atoms with Gasteiger partial charge in [0, 0.05) is 40.1 Å². The number of hydrogen-bond donors (Lipinski definition) is 1. The third kappa shape index (κ3) is 4.67. The second-order valence-corrected chi connectivity index (χ2v) is 7.62. The molecule has 1 N–H and O–H groups in total. The molecule has 2 aromatic rings. The smallest absolute Gasteiger partial charge is 0.350 e. The molecule has 0 bridgehead atoms. The molecule has 2 aromatic heterocycles. The molecular formula is C15H16BrF3N4S. The minimum Gasteiger partial charge on any atom is -0.350 e. The van der Waals surface area contributed by atoms with Crippen molar-refractivity contribution in [1.29, 1.82) is 0 Å². The fourth-order valence-corrected chi connectivity index (χ4v) is 4.24. The Hall–Kier alpha value is -1.19. The van der Waals surface area contributed by atoms with Crippen molar-refractivity contribution >= 4 is 33.2 Å². The van der Waals surface area contributed by atoms with Gasteiger partial charge in [-0.15, -0.1) is 11.3 Å². The number of likely N-dealkylation sites (tertiary alicyclic amines) is 1. The third-order valence-corrected chi connectivity index (χ3v) is 5.47. The van der Waals surface area contributed by atoms with Crippen LogP contribution >= 0.6 is 27.3 Å². The number of anilines is 1. The second kappa shape index (κ2) is 7.37. The summed E-state index contributed by atoms with van der Waals surface area (Å²) in [5.74, 6) is 0.0375. The molecule has 0 saturated carbocycles. The number of alkyl halides is 3. The van der Waals surface area contributed by atoms with Gasteiger partial charge in [0.2, 0.25) is 5.95 Å². The molecule has 0 amide bonds. The summed E-state index contributed by atoms with van der Waals surface area (Å²) in [5, 5.41) is 5.09. The van der Waals surface area contributed by atoms with E-state index in [1.165, 1.54) is 4.88 Å². The topological polar surface area (TPSA) is 41.1 Å². The minimum absolute atomic E-state index is 0.0375. The van der Waals surface area contributed by atoms with E-state index < -0.39 is 11.9 Å². The van der Waals surface area contributed by atoms with Crippen LogP contribution < -0.4 is 5.32 Å². The van der Waals surface area contributed by atoms with Crippen molar-refractivity contribution in [2.45, 2.75) is 31.6 Å². The summed E-state index contributed by atoms with van der Waals surface area (Å²) in [5.41, 5.74) is -0.920. The minimum atomic E-state index is -4.45. The van der Waals surface area contributed by atoms with Gasteiger partial charge in [0.05, 0.1) is 0 Å². The van der Waals surface area contributed by atoms with E-state index in [1.807, 2.05) is 5.38 Å². The summed E-state index contributed by atoms with van der Waals surface area (Å²) in [6.07, 6.45) is -1.43. The van der Waals surface area contributed by atoms with Gasteiger partial charge >= 0.3 is 6.18 Å². The highest BCUT2D eigenvalue weighted by molar-refractivity contribution is 9.10. The quantitative estimate of drug-likeness (QED) is 0.795. The standard InChI is InChI=1S/C15H16BrF3N4S/c16-10-6-12(24-9-10)8-23-5-1-2-11(7-23)21-14-20-4-3-13(22-14)15(17,18)19/h3-4,6,9,11H,1-2,5,7-8H2,(H,20,21,22). The average molecular weight is 421 g/mol. The monoisotopic (exact) mass is 420 g/mol. The first-order chi connectivity index (χ1) is 11.4. The van der Waals surface area contributed by atoms with Crippen LogP contribution in [-0.2, 0) is 12.7 Å². The highest BCUT2D eigenvalue weighted by Gasteiger charge is 2.33. The molecule has 3 rings (SSSR count). The summed E-state index contributed by atoms with van der Waals surface area (Å²) in [6, 6.07) is 3.02.